The van der Waals surface area contributed by atoms with Gasteiger partial charge in [0.1, 0.15) is 0 Å². The molecule has 0 aromatic heterocycles. The Kier molecular flexibility index (Phi) is 7.48. The molecule has 5 heteroatoms. The van der Waals surface area contributed by atoms with E-state index in [4.69, 9.17) is 0 Å². The minimum atomic E-state index is -0.0595. The highest BCUT2D eigenvalue weighted by atomic mass is 32.2. The molecule has 0 unspecified atom stereocenters. The minimum Gasteiger partial charge on any atom is -0.355 e. The molecule has 4 nitrogen and oxygen atoms in total. The van der Waals surface area contributed by atoms with Crippen LogP contribution in [-0.4, -0.2) is 48.9 Å². The second kappa shape index (κ2) is 7.91. The first-order valence-electron chi connectivity index (χ1n) is 4.13. The number of amides is 2. The van der Waals surface area contributed by atoms with Gasteiger partial charge in [-0.1, -0.05) is 0 Å². The summed E-state index contributed by atoms with van der Waals surface area (Å²) < 4.78 is 0. The Morgan fingerprint density at radius 1 is 1.54 bits per heavy atom. The Bertz CT molecular complexity index is 164. The fourth-order valence-corrected chi connectivity index (χ4v) is 1.22. The molecule has 0 saturated carbocycles. The van der Waals surface area contributed by atoms with Crippen molar-refractivity contribution < 1.29 is 9.59 Å². The van der Waals surface area contributed by atoms with E-state index in [-0.39, 0.29) is 5.91 Å². The average molecular weight is 204 g/mol. The third-order valence-electron chi connectivity index (χ3n) is 1.50. The van der Waals surface area contributed by atoms with Crippen LogP contribution in [0.3, 0.4) is 0 Å². The van der Waals surface area contributed by atoms with E-state index < -0.39 is 0 Å². The van der Waals surface area contributed by atoms with Crippen LogP contribution in [0.25, 0.3) is 0 Å². The lowest BCUT2D eigenvalue weighted by Crippen LogP contribution is -2.34. The van der Waals surface area contributed by atoms with E-state index in [2.05, 4.69) is 5.32 Å². The summed E-state index contributed by atoms with van der Waals surface area (Å²) in [7, 11) is 0. The molecule has 0 saturated heterocycles. The molecule has 0 atom stereocenters. The third-order valence-corrected chi connectivity index (χ3v) is 2.10. The maximum atomic E-state index is 10.5. The van der Waals surface area contributed by atoms with Gasteiger partial charge >= 0.3 is 0 Å². The van der Waals surface area contributed by atoms with Crippen LogP contribution >= 0.6 is 11.8 Å². The van der Waals surface area contributed by atoms with E-state index in [1.807, 2.05) is 6.26 Å². The van der Waals surface area contributed by atoms with Crippen molar-refractivity contribution in [1.82, 2.24) is 10.2 Å². The molecule has 1 N–H and O–H groups in total. The van der Waals surface area contributed by atoms with Gasteiger partial charge in [-0.05, 0) is 6.26 Å². The molecular weight excluding hydrogens is 188 g/mol. The van der Waals surface area contributed by atoms with Gasteiger partial charge in [0.15, 0.2) is 0 Å². The summed E-state index contributed by atoms with van der Waals surface area (Å²) >= 11 is 1.70. The minimum absolute atomic E-state index is 0.0595. The molecule has 76 valence electrons. The fourth-order valence-electron chi connectivity index (χ4n) is 0.801. The first kappa shape index (κ1) is 12.3. The largest absolute Gasteiger partial charge is 0.355 e. The van der Waals surface area contributed by atoms with E-state index in [1.165, 1.54) is 6.92 Å². The Morgan fingerprint density at radius 2 is 2.23 bits per heavy atom. The molecule has 0 radical (unpaired) electrons. The van der Waals surface area contributed by atoms with Crippen LogP contribution < -0.4 is 5.32 Å². The molecule has 0 bridgehead atoms. The summed E-state index contributed by atoms with van der Waals surface area (Å²) in [6.45, 7) is 3.32. The molecule has 0 fully saturated rings. The predicted molar refractivity (Wildman–Crippen MR) is 54.7 cm³/mol. The Hall–Kier alpha value is -0.710. The molecule has 0 spiro atoms. The second-order valence-electron chi connectivity index (χ2n) is 2.62. The van der Waals surface area contributed by atoms with E-state index in [0.717, 1.165) is 18.7 Å². The Balaban J connectivity index is 3.47. The zero-order chi connectivity index (χ0) is 10.1. The Morgan fingerprint density at radius 3 is 2.69 bits per heavy atom. The van der Waals surface area contributed by atoms with E-state index in [1.54, 1.807) is 16.7 Å². The fraction of sp³-hybridized carbons (Fsp3) is 0.750. The number of carbonyl (C=O) groups excluding carboxylic acids is 2. The van der Waals surface area contributed by atoms with Crippen LogP contribution in [0, 0.1) is 0 Å². The quantitative estimate of drug-likeness (QED) is 0.591. The molecule has 13 heavy (non-hydrogen) atoms. The van der Waals surface area contributed by atoms with Crippen LogP contribution in [0.5, 0.6) is 0 Å². The van der Waals surface area contributed by atoms with E-state index in [9.17, 15) is 9.59 Å². The molecule has 0 heterocycles. The predicted octanol–water partition coefficient (Wildman–Crippen LogP) is -0.0561. The summed E-state index contributed by atoms with van der Waals surface area (Å²) in [5, 5.41) is 2.64. The lowest BCUT2D eigenvalue weighted by atomic mass is 10.5. The standard InChI is InChI=1S/C8H16N2O2S/c1-8(12)9-3-4-10(7-11)5-6-13-2/h7H,3-6H2,1-2H3,(H,9,12). The normalized spacial score (nSPS) is 9.38. The third kappa shape index (κ3) is 7.64. The summed E-state index contributed by atoms with van der Waals surface area (Å²) in [5.41, 5.74) is 0. The van der Waals surface area contributed by atoms with E-state index >= 15 is 0 Å². The van der Waals surface area contributed by atoms with Gasteiger partial charge in [-0.2, -0.15) is 11.8 Å². The zero-order valence-corrected chi connectivity index (χ0v) is 8.89. The van der Waals surface area contributed by atoms with Crippen molar-refractivity contribution in [3.63, 3.8) is 0 Å². The molecule has 0 aromatic carbocycles. The maximum absolute atomic E-state index is 10.5. The monoisotopic (exact) mass is 204 g/mol. The number of rotatable bonds is 7. The molecular formula is C8H16N2O2S. The van der Waals surface area contributed by atoms with Gasteiger partial charge in [0, 0.05) is 32.3 Å². The van der Waals surface area contributed by atoms with Crippen molar-refractivity contribution in [3.8, 4) is 0 Å². The molecule has 0 aromatic rings. The van der Waals surface area contributed by atoms with Crippen molar-refractivity contribution in [2.24, 2.45) is 0 Å². The number of hydrogen-bond donors (Lipinski definition) is 1. The van der Waals surface area contributed by atoms with E-state index in [0.29, 0.717) is 13.1 Å². The number of thioether (sulfide) groups is 1. The van der Waals surface area contributed by atoms with Gasteiger partial charge in [0.05, 0.1) is 0 Å². The topological polar surface area (TPSA) is 49.4 Å². The van der Waals surface area contributed by atoms with Gasteiger partial charge in [-0.15, -0.1) is 0 Å². The summed E-state index contributed by atoms with van der Waals surface area (Å²) in [5.74, 6) is 0.870. The maximum Gasteiger partial charge on any atom is 0.216 e. The van der Waals surface area contributed by atoms with Crippen molar-refractivity contribution in [2.75, 3.05) is 31.6 Å². The van der Waals surface area contributed by atoms with Crippen LogP contribution in [0.4, 0.5) is 0 Å². The zero-order valence-electron chi connectivity index (χ0n) is 8.08. The summed E-state index contributed by atoms with van der Waals surface area (Å²) in [6, 6.07) is 0. The second-order valence-corrected chi connectivity index (χ2v) is 3.60. The van der Waals surface area contributed by atoms with Gasteiger partial charge in [-0.3, -0.25) is 9.59 Å². The van der Waals surface area contributed by atoms with Gasteiger partial charge in [-0.25, -0.2) is 0 Å². The van der Waals surface area contributed by atoms with Crippen LogP contribution in [0.2, 0.25) is 0 Å². The number of nitrogens with one attached hydrogen (secondary N) is 1. The lowest BCUT2D eigenvalue weighted by molar-refractivity contribution is -0.120. The highest BCUT2D eigenvalue weighted by molar-refractivity contribution is 7.98. The van der Waals surface area contributed by atoms with Crippen LogP contribution in [0.15, 0.2) is 0 Å². The number of carbonyl (C=O) groups is 2. The SMILES string of the molecule is CSCCN(C=O)CCNC(C)=O. The van der Waals surface area contributed by atoms with Crippen molar-refractivity contribution in [1.29, 1.82) is 0 Å². The smallest absolute Gasteiger partial charge is 0.216 e. The molecule has 0 rings (SSSR count). The number of hydrogen-bond acceptors (Lipinski definition) is 3. The highest BCUT2D eigenvalue weighted by Gasteiger charge is 2.00. The van der Waals surface area contributed by atoms with Crippen molar-refractivity contribution in [3.05, 3.63) is 0 Å². The molecule has 0 aliphatic rings. The number of nitrogens with zero attached hydrogens (tertiary/aromatic N) is 1. The van der Waals surface area contributed by atoms with Gasteiger partial charge in [0.2, 0.25) is 12.3 Å². The van der Waals surface area contributed by atoms with Crippen LogP contribution in [0.1, 0.15) is 6.92 Å². The van der Waals surface area contributed by atoms with Gasteiger partial charge in [0.25, 0.3) is 0 Å². The van der Waals surface area contributed by atoms with Crippen molar-refractivity contribution >= 4 is 24.1 Å². The lowest BCUT2D eigenvalue weighted by Gasteiger charge is -2.16. The molecule has 0 aliphatic heterocycles. The van der Waals surface area contributed by atoms with Crippen molar-refractivity contribution in [2.45, 2.75) is 6.92 Å². The summed E-state index contributed by atoms with van der Waals surface area (Å²) in [6.07, 6.45) is 2.81. The molecule has 0 aliphatic carbocycles. The highest BCUT2D eigenvalue weighted by Crippen LogP contribution is 1.92. The Labute approximate surface area is 83.0 Å². The molecule has 2 amide bonds. The van der Waals surface area contributed by atoms with Gasteiger partial charge < -0.3 is 10.2 Å². The summed E-state index contributed by atoms with van der Waals surface area (Å²) in [4.78, 5) is 22.7. The first-order valence-corrected chi connectivity index (χ1v) is 5.52. The van der Waals surface area contributed by atoms with Crippen LogP contribution in [-0.2, 0) is 9.59 Å². The first-order chi connectivity index (χ1) is 6.20. The average Bonchev–Trinajstić information content (AvgIpc) is 2.10.